The number of fused-ring (bicyclic) bond motifs is 1. The average molecular weight is 180 g/mol. The van der Waals surface area contributed by atoms with Gasteiger partial charge in [-0.25, -0.2) is 9.97 Å². The standard InChI is InChI=1S/C7H8N4.C2H6.H2/c1-4-3-8-7-6(9-4)5(2)10-11-7;1-2;/h3H,1-2H3,(H,8,10,11);1-2H3;1H. The summed E-state index contributed by atoms with van der Waals surface area (Å²) in [5, 5.41) is 6.79. The molecule has 0 saturated carbocycles. The van der Waals surface area contributed by atoms with Gasteiger partial charge in [0.25, 0.3) is 0 Å². The Hall–Kier alpha value is -1.45. The molecule has 0 bridgehead atoms. The van der Waals surface area contributed by atoms with E-state index in [1.54, 1.807) is 6.20 Å². The SMILES string of the molecule is CC.Cc1cnc2n[nH]c(C)c2n1.[HH]. The average Bonchev–Trinajstić information content (AvgIpc) is 2.52. The van der Waals surface area contributed by atoms with Crippen LogP contribution in [0, 0.1) is 13.8 Å². The molecular weight excluding hydrogens is 164 g/mol. The second kappa shape index (κ2) is 3.98. The zero-order valence-electron chi connectivity index (χ0n) is 8.42. The fourth-order valence-corrected chi connectivity index (χ4v) is 0.994. The Morgan fingerprint density at radius 1 is 1.31 bits per heavy atom. The molecule has 2 heterocycles. The van der Waals surface area contributed by atoms with Gasteiger partial charge in [0.15, 0.2) is 5.65 Å². The minimum Gasteiger partial charge on any atom is -0.278 e. The summed E-state index contributed by atoms with van der Waals surface area (Å²) in [5.41, 5.74) is 3.44. The van der Waals surface area contributed by atoms with Crippen molar-refractivity contribution in [2.24, 2.45) is 0 Å². The fourth-order valence-electron chi connectivity index (χ4n) is 0.994. The summed E-state index contributed by atoms with van der Waals surface area (Å²) in [4.78, 5) is 8.38. The number of rotatable bonds is 0. The van der Waals surface area contributed by atoms with Crippen LogP contribution in [-0.4, -0.2) is 20.2 Å². The second-order valence-electron chi connectivity index (χ2n) is 2.53. The highest BCUT2D eigenvalue weighted by molar-refractivity contribution is 5.71. The van der Waals surface area contributed by atoms with Gasteiger partial charge in [0.2, 0.25) is 0 Å². The van der Waals surface area contributed by atoms with Crippen LogP contribution in [0.4, 0.5) is 0 Å². The molecule has 13 heavy (non-hydrogen) atoms. The molecule has 0 spiro atoms. The Kier molecular flexibility index (Phi) is 2.95. The van der Waals surface area contributed by atoms with Crippen LogP contribution in [0.3, 0.4) is 0 Å². The topological polar surface area (TPSA) is 54.5 Å². The molecule has 0 aromatic carbocycles. The number of H-pyrrole nitrogens is 1. The highest BCUT2D eigenvalue weighted by Crippen LogP contribution is 2.08. The first kappa shape index (κ1) is 9.64. The molecule has 4 nitrogen and oxygen atoms in total. The maximum absolute atomic E-state index is 4.28. The van der Waals surface area contributed by atoms with Crippen LogP contribution in [0.1, 0.15) is 26.7 Å². The van der Waals surface area contributed by atoms with Gasteiger partial charge in [-0.1, -0.05) is 13.8 Å². The van der Waals surface area contributed by atoms with Crippen LogP contribution < -0.4 is 0 Å². The van der Waals surface area contributed by atoms with E-state index in [1.165, 1.54) is 0 Å². The van der Waals surface area contributed by atoms with Gasteiger partial charge in [-0.2, -0.15) is 5.10 Å². The Balaban J connectivity index is 0.000000531. The lowest BCUT2D eigenvalue weighted by Gasteiger charge is -1.89. The molecule has 0 fully saturated rings. The Labute approximate surface area is 78.9 Å². The van der Waals surface area contributed by atoms with Gasteiger partial charge in [-0.3, -0.25) is 5.10 Å². The van der Waals surface area contributed by atoms with Crippen LogP contribution in [0.2, 0.25) is 0 Å². The van der Waals surface area contributed by atoms with Gasteiger partial charge in [0.1, 0.15) is 5.52 Å². The van der Waals surface area contributed by atoms with Crippen molar-refractivity contribution < 1.29 is 1.43 Å². The summed E-state index contributed by atoms with van der Waals surface area (Å²) in [7, 11) is 0. The van der Waals surface area contributed by atoms with E-state index < -0.39 is 0 Å². The molecule has 0 aliphatic rings. The molecule has 2 rings (SSSR count). The second-order valence-corrected chi connectivity index (χ2v) is 2.53. The number of aromatic nitrogens is 4. The lowest BCUT2D eigenvalue weighted by molar-refractivity contribution is 1.05. The minimum absolute atomic E-state index is 0. The lowest BCUT2D eigenvalue weighted by Crippen LogP contribution is -1.84. The van der Waals surface area contributed by atoms with Gasteiger partial charge < -0.3 is 0 Å². The predicted octanol–water partition coefficient (Wildman–Crippen LogP) is 2.24. The van der Waals surface area contributed by atoms with Crippen molar-refractivity contribution in [3.63, 3.8) is 0 Å². The first-order chi connectivity index (χ1) is 6.27. The summed E-state index contributed by atoms with van der Waals surface area (Å²) in [6.45, 7) is 7.85. The number of hydrogen-bond acceptors (Lipinski definition) is 3. The normalized spacial score (nSPS) is 9.54. The fraction of sp³-hybridized carbons (Fsp3) is 0.444. The lowest BCUT2D eigenvalue weighted by atomic mass is 10.4. The first-order valence-electron chi connectivity index (χ1n) is 4.41. The van der Waals surface area contributed by atoms with Gasteiger partial charge in [0.05, 0.1) is 17.6 Å². The van der Waals surface area contributed by atoms with E-state index in [4.69, 9.17) is 0 Å². The van der Waals surface area contributed by atoms with Crippen LogP contribution >= 0.6 is 0 Å². The number of aromatic amines is 1. The van der Waals surface area contributed by atoms with Crippen molar-refractivity contribution in [3.8, 4) is 0 Å². The zero-order chi connectivity index (χ0) is 9.84. The summed E-state index contributed by atoms with van der Waals surface area (Å²) in [6, 6.07) is 0. The molecule has 0 aliphatic carbocycles. The van der Waals surface area contributed by atoms with E-state index >= 15 is 0 Å². The van der Waals surface area contributed by atoms with Gasteiger partial charge in [-0.05, 0) is 13.8 Å². The summed E-state index contributed by atoms with van der Waals surface area (Å²) >= 11 is 0. The van der Waals surface area contributed by atoms with Gasteiger partial charge in [0, 0.05) is 1.43 Å². The molecule has 1 N–H and O–H groups in total. The third kappa shape index (κ3) is 1.83. The van der Waals surface area contributed by atoms with Crippen molar-refractivity contribution in [2.75, 3.05) is 0 Å². The van der Waals surface area contributed by atoms with E-state index in [0.717, 1.165) is 16.9 Å². The summed E-state index contributed by atoms with van der Waals surface area (Å²) < 4.78 is 0. The number of aryl methyl sites for hydroxylation is 2. The highest BCUT2D eigenvalue weighted by Gasteiger charge is 2.02. The highest BCUT2D eigenvalue weighted by atomic mass is 15.2. The first-order valence-corrected chi connectivity index (χ1v) is 4.41. The molecule has 0 radical (unpaired) electrons. The van der Waals surface area contributed by atoms with Crippen molar-refractivity contribution in [3.05, 3.63) is 17.6 Å². The van der Waals surface area contributed by atoms with E-state index in [9.17, 15) is 0 Å². The van der Waals surface area contributed by atoms with Crippen LogP contribution in [0.15, 0.2) is 6.20 Å². The van der Waals surface area contributed by atoms with E-state index in [0.29, 0.717) is 5.65 Å². The summed E-state index contributed by atoms with van der Waals surface area (Å²) in [5.74, 6) is 0. The van der Waals surface area contributed by atoms with Gasteiger partial charge >= 0.3 is 0 Å². The largest absolute Gasteiger partial charge is 0.278 e. The molecule has 2 aromatic heterocycles. The minimum atomic E-state index is 0. The summed E-state index contributed by atoms with van der Waals surface area (Å²) in [6.07, 6.45) is 1.71. The van der Waals surface area contributed by atoms with Crippen LogP contribution in [0.25, 0.3) is 11.2 Å². The van der Waals surface area contributed by atoms with Crippen LogP contribution in [-0.2, 0) is 0 Å². The molecule has 0 atom stereocenters. The predicted molar refractivity (Wildman–Crippen MR) is 54.6 cm³/mol. The van der Waals surface area contributed by atoms with Crippen molar-refractivity contribution in [2.45, 2.75) is 27.7 Å². The van der Waals surface area contributed by atoms with Crippen molar-refractivity contribution >= 4 is 11.2 Å². The molecular formula is C9H16N4. The van der Waals surface area contributed by atoms with E-state index in [1.807, 2.05) is 27.7 Å². The molecule has 2 aromatic rings. The molecule has 72 valence electrons. The zero-order valence-corrected chi connectivity index (χ0v) is 8.42. The van der Waals surface area contributed by atoms with Crippen molar-refractivity contribution in [1.82, 2.24) is 20.2 Å². The van der Waals surface area contributed by atoms with Gasteiger partial charge in [-0.15, -0.1) is 0 Å². The Morgan fingerprint density at radius 2 is 2.00 bits per heavy atom. The molecule has 0 aliphatic heterocycles. The number of hydrogen-bond donors (Lipinski definition) is 1. The molecule has 0 saturated heterocycles. The van der Waals surface area contributed by atoms with Crippen LogP contribution in [0.5, 0.6) is 0 Å². The van der Waals surface area contributed by atoms with E-state index in [-0.39, 0.29) is 1.43 Å². The smallest absolute Gasteiger partial charge is 0.199 e. The quantitative estimate of drug-likeness (QED) is 0.676. The monoisotopic (exact) mass is 180 g/mol. The third-order valence-electron chi connectivity index (χ3n) is 1.56. The third-order valence-corrected chi connectivity index (χ3v) is 1.56. The Morgan fingerprint density at radius 3 is 2.69 bits per heavy atom. The Bertz CT molecular complexity index is 397. The van der Waals surface area contributed by atoms with E-state index in [2.05, 4.69) is 20.2 Å². The van der Waals surface area contributed by atoms with Crippen molar-refractivity contribution in [1.29, 1.82) is 0 Å². The molecule has 4 heteroatoms. The maximum atomic E-state index is 4.28. The number of nitrogens with one attached hydrogen (secondary N) is 1. The number of nitrogens with zero attached hydrogens (tertiary/aromatic N) is 3. The molecule has 0 unspecified atom stereocenters. The maximum Gasteiger partial charge on any atom is 0.199 e. The molecule has 0 amide bonds.